The van der Waals surface area contributed by atoms with E-state index in [2.05, 4.69) is 0 Å². The molecule has 1 amide bonds. The first-order valence-electron chi connectivity index (χ1n) is 7.73. The van der Waals surface area contributed by atoms with Crippen molar-refractivity contribution in [1.82, 2.24) is 4.90 Å². The van der Waals surface area contributed by atoms with E-state index in [-0.39, 0.29) is 5.91 Å². The lowest BCUT2D eigenvalue weighted by Gasteiger charge is -2.31. The van der Waals surface area contributed by atoms with Crippen LogP contribution in [0.15, 0.2) is 29.2 Å². The lowest BCUT2D eigenvalue weighted by Crippen LogP contribution is -2.38. The van der Waals surface area contributed by atoms with Gasteiger partial charge in [0.25, 0.3) is 0 Å². The largest absolute Gasteiger partial charge is 0.497 e. The molecule has 21 heavy (non-hydrogen) atoms. The third kappa shape index (κ3) is 4.95. The van der Waals surface area contributed by atoms with Gasteiger partial charge < -0.3 is 9.64 Å². The van der Waals surface area contributed by atoms with E-state index in [1.165, 1.54) is 37.0 Å². The van der Waals surface area contributed by atoms with Gasteiger partial charge in [-0.05, 0) is 37.1 Å². The van der Waals surface area contributed by atoms with Crippen molar-refractivity contribution in [3.8, 4) is 5.75 Å². The number of ether oxygens (including phenoxy) is 1. The zero-order valence-corrected chi connectivity index (χ0v) is 13.8. The molecule has 0 saturated heterocycles. The van der Waals surface area contributed by atoms with E-state index >= 15 is 0 Å². The summed E-state index contributed by atoms with van der Waals surface area (Å²) in [5.41, 5.74) is 0. The molecule has 1 aliphatic carbocycles. The Kier molecular flexibility index (Phi) is 6.43. The highest BCUT2D eigenvalue weighted by Gasteiger charge is 2.21. The van der Waals surface area contributed by atoms with E-state index < -0.39 is 0 Å². The van der Waals surface area contributed by atoms with Crippen molar-refractivity contribution in [2.24, 2.45) is 0 Å². The van der Waals surface area contributed by atoms with Crippen LogP contribution in [0.25, 0.3) is 0 Å². The third-order valence-corrected chi connectivity index (χ3v) is 5.17. The molecule has 0 bridgehead atoms. The Morgan fingerprint density at radius 3 is 2.52 bits per heavy atom. The fraction of sp³-hybridized carbons (Fsp3) is 0.588. The van der Waals surface area contributed by atoms with Crippen LogP contribution in [0.4, 0.5) is 0 Å². The van der Waals surface area contributed by atoms with Gasteiger partial charge in [-0.3, -0.25) is 4.79 Å². The van der Waals surface area contributed by atoms with Crippen LogP contribution in [0, 0.1) is 0 Å². The van der Waals surface area contributed by atoms with Gasteiger partial charge in [-0.1, -0.05) is 19.3 Å². The summed E-state index contributed by atoms with van der Waals surface area (Å²) in [6.45, 7) is 0. The topological polar surface area (TPSA) is 29.5 Å². The highest BCUT2D eigenvalue weighted by atomic mass is 32.2. The molecule has 1 fully saturated rings. The van der Waals surface area contributed by atoms with Crippen LogP contribution in [-0.2, 0) is 4.79 Å². The number of benzene rings is 1. The Labute approximate surface area is 132 Å². The summed E-state index contributed by atoms with van der Waals surface area (Å²) in [4.78, 5) is 15.4. The molecule has 3 nitrogen and oxygen atoms in total. The second-order valence-corrected chi connectivity index (χ2v) is 6.74. The molecule has 0 radical (unpaired) electrons. The Morgan fingerprint density at radius 1 is 1.24 bits per heavy atom. The maximum Gasteiger partial charge on any atom is 0.223 e. The van der Waals surface area contributed by atoms with Gasteiger partial charge in [0, 0.05) is 30.2 Å². The predicted octanol–water partition coefficient (Wildman–Crippen LogP) is 3.97. The molecule has 2 rings (SSSR count). The fourth-order valence-electron chi connectivity index (χ4n) is 2.78. The summed E-state index contributed by atoms with van der Waals surface area (Å²) >= 11 is 1.73. The molecule has 1 saturated carbocycles. The summed E-state index contributed by atoms with van der Waals surface area (Å²) in [7, 11) is 3.64. The lowest BCUT2D eigenvalue weighted by atomic mass is 9.94. The standard InChI is InChI=1S/C17H25NO2S/c1-18(14-6-4-3-5-7-14)17(19)12-13-21-16-10-8-15(20-2)9-11-16/h8-11,14H,3-7,12-13H2,1-2H3. The Morgan fingerprint density at radius 2 is 1.90 bits per heavy atom. The van der Waals surface area contributed by atoms with Crippen LogP contribution in [-0.4, -0.2) is 36.8 Å². The number of hydrogen-bond donors (Lipinski definition) is 0. The highest BCUT2D eigenvalue weighted by molar-refractivity contribution is 7.99. The summed E-state index contributed by atoms with van der Waals surface area (Å²) in [6.07, 6.45) is 6.82. The van der Waals surface area contributed by atoms with Crippen LogP contribution in [0.5, 0.6) is 5.75 Å². The van der Waals surface area contributed by atoms with Gasteiger partial charge in [0.15, 0.2) is 0 Å². The van der Waals surface area contributed by atoms with Gasteiger partial charge in [0.05, 0.1) is 7.11 Å². The smallest absolute Gasteiger partial charge is 0.223 e. The van der Waals surface area contributed by atoms with Crippen LogP contribution in [0.3, 0.4) is 0 Å². The molecule has 1 aromatic rings. The van der Waals surface area contributed by atoms with Crippen molar-refractivity contribution in [2.75, 3.05) is 19.9 Å². The molecule has 0 N–H and O–H groups in total. The molecule has 0 unspecified atom stereocenters. The number of rotatable bonds is 6. The average molecular weight is 307 g/mol. The normalized spacial score (nSPS) is 15.7. The molecular weight excluding hydrogens is 282 g/mol. The number of hydrogen-bond acceptors (Lipinski definition) is 3. The first-order valence-corrected chi connectivity index (χ1v) is 8.72. The summed E-state index contributed by atoms with van der Waals surface area (Å²) in [5, 5.41) is 0. The summed E-state index contributed by atoms with van der Waals surface area (Å²) in [6, 6.07) is 8.46. The summed E-state index contributed by atoms with van der Waals surface area (Å²) in [5.74, 6) is 1.98. The van der Waals surface area contributed by atoms with Crippen molar-refractivity contribution in [3.05, 3.63) is 24.3 Å². The number of carbonyl (C=O) groups is 1. The van der Waals surface area contributed by atoms with Crippen molar-refractivity contribution < 1.29 is 9.53 Å². The molecule has 0 spiro atoms. The van der Waals surface area contributed by atoms with Crippen LogP contribution < -0.4 is 4.74 Å². The molecule has 1 aromatic carbocycles. The quantitative estimate of drug-likeness (QED) is 0.745. The van der Waals surface area contributed by atoms with Crippen molar-refractivity contribution >= 4 is 17.7 Å². The van der Waals surface area contributed by atoms with Gasteiger partial charge >= 0.3 is 0 Å². The number of nitrogens with zero attached hydrogens (tertiary/aromatic N) is 1. The van der Waals surface area contributed by atoms with Crippen molar-refractivity contribution in [1.29, 1.82) is 0 Å². The van der Waals surface area contributed by atoms with E-state index in [9.17, 15) is 4.79 Å². The van der Waals surface area contributed by atoms with E-state index in [0.717, 1.165) is 11.5 Å². The third-order valence-electron chi connectivity index (χ3n) is 4.16. The minimum atomic E-state index is 0.280. The molecule has 0 aliphatic heterocycles. The van der Waals surface area contributed by atoms with E-state index in [0.29, 0.717) is 12.5 Å². The van der Waals surface area contributed by atoms with Gasteiger partial charge in [-0.2, -0.15) is 0 Å². The molecule has 0 heterocycles. The van der Waals surface area contributed by atoms with Gasteiger partial charge in [-0.15, -0.1) is 11.8 Å². The first-order chi connectivity index (χ1) is 10.2. The van der Waals surface area contributed by atoms with Gasteiger partial charge in [-0.25, -0.2) is 0 Å². The number of thioether (sulfide) groups is 1. The molecule has 0 aromatic heterocycles. The number of amides is 1. The van der Waals surface area contributed by atoms with Crippen LogP contribution in [0.2, 0.25) is 0 Å². The van der Waals surface area contributed by atoms with Gasteiger partial charge in [0.1, 0.15) is 5.75 Å². The van der Waals surface area contributed by atoms with Gasteiger partial charge in [0.2, 0.25) is 5.91 Å². The zero-order valence-electron chi connectivity index (χ0n) is 13.0. The first kappa shape index (κ1) is 16.2. The minimum Gasteiger partial charge on any atom is -0.497 e. The second-order valence-electron chi connectivity index (χ2n) is 5.57. The maximum atomic E-state index is 12.2. The Balaban J connectivity index is 1.72. The molecule has 0 atom stereocenters. The minimum absolute atomic E-state index is 0.280. The molecule has 1 aliphatic rings. The van der Waals surface area contributed by atoms with E-state index in [1.807, 2.05) is 36.2 Å². The van der Waals surface area contributed by atoms with Crippen molar-refractivity contribution in [2.45, 2.75) is 49.5 Å². The van der Waals surface area contributed by atoms with Crippen molar-refractivity contribution in [3.63, 3.8) is 0 Å². The fourth-order valence-corrected chi connectivity index (χ4v) is 3.62. The van der Waals surface area contributed by atoms with Crippen LogP contribution in [0.1, 0.15) is 38.5 Å². The number of carbonyl (C=O) groups excluding carboxylic acids is 1. The maximum absolute atomic E-state index is 12.2. The second kappa shape index (κ2) is 8.32. The molecule has 116 valence electrons. The molecular formula is C17H25NO2S. The predicted molar refractivity (Wildman–Crippen MR) is 88.0 cm³/mol. The van der Waals surface area contributed by atoms with E-state index in [4.69, 9.17) is 4.74 Å². The summed E-state index contributed by atoms with van der Waals surface area (Å²) < 4.78 is 5.14. The molecule has 4 heteroatoms. The average Bonchev–Trinajstić information content (AvgIpc) is 2.55. The van der Waals surface area contributed by atoms with E-state index in [1.54, 1.807) is 18.9 Å². The highest BCUT2D eigenvalue weighted by Crippen LogP contribution is 2.24. The zero-order chi connectivity index (χ0) is 15.1. The Bertz CT molecular complexity index is 441. The lowest BCUT2D eigenvalue weighted by molar-refractivity contribution is -0.132. The SMILES string of the molecule is COc1ccc(SCCC(=O)N(C)C2CCCCC2)cc1. The number of methoxy groups -OCH3 is 1. The Hall–Kier alpha value is -1.16. The monoisotopic (exact) mass is 307 g/mol. The van der Waals surface area contributed by atoms with Crippen LogP contribution >= 0.6 is 11.8 Å².